The van der Waals surface area contributed by atoms with Crippen LogP contribution in [0, 0.1) is 0 Å². The van der Waals surface area contributed by atoms with Gasteiger partial charge in [-0.25, -0.2) is 0 Å². The summed E-state index contributed by atoms with van der Waals surface area (Å²) < 4.78 is 1.98. The van der Waals surface area contributed by atoms with Crippen molar-refractivity contribution in [3.63, 3.8) is 0 Å². The molecule has 0 saturated carbocycles. The molecule has 2 rings (SSSR count). The molecule has 0 bridgehead atoms. The Bertz CT molecular complexity index is 296. The van der Waals surface area contributed by atoms with Crippen molar-refractivity contribution in [2.75, 3.05) is 0 Å². The largest absolute Gasteiger partial charge is 0.335 e. The van der Waals surface area contributed by atoms with E-state index in [1.807, 2.05) is 28.9 Å². The van der Waals surface area contributed by atoms with E-state index < -0.39 is 0 Å². The van der Waals surface area contributed by atoms with Crippen molar-refractivity contribution >= 4 is 12.4 Å². The van der Waals surface area contributed by atoms with E-state index in [2.05, 4.69) is 0 Å². The second-order valence-electron chi connectivity index (χ2n) is 2.31. The Balaban J connectivity index is 2.60. The fraction of sp³-hybridized carbons (Fsp3) is 0.125. The van der Waals surface area contributed by atoms with Crippen LogP contribution in [0.25, 0.3) is 6.08 Å². The molecule has 0 atom stereocenters. The molecule has 0 spiro atoms. The van der Waals surface area contributed by atoms with E-state index in [0.29, 0.717) is 0 Å². The second-order valence-corrected chi connectivity index (χ2v) is 2.31. The van der Waals surface area contributed by atoms with Crippen molar-refractivity contribution in [1.82, 2.24) is 4.57 Å². The van der Waals surface area contributed by atoms with Gasteiger partial charge in [-0.2, -0.15) is 0 Å². The van der Waals surface area contributed by atoms with E-state index in [4.69, 9.17) is 0 Å². The molecule has 10 heavy (non-hydrogen) atoms. The minimum Gasteiger partial charge on any atom is -0.335 e. The van der Waals surface area contributed by atoms with E-state index in [9.17, 15) is 4.79 Å². The van der Waals surface area contributed by atoms with Gasteiger partial charge in [-0.15, -0.1) is 0 Å². The van der Waals surface area contributed by atoms with Crippen molar-refractivity contribution < 1.29 is 4.79 Å². The molecular weight excluding hydrogens is 126 g/mol. The molecule has 0 fully saturated rings. The normalized spacial score (nSPS) is 13.6. The fourth-order valence-electron chi connectivity index (χ4n) is 1.24. The van der Waals surface area contributed by atoms with Gasteiger partial charge in [0.1, 0.15) is 0 Å². The first kappa shape index (κ1) is 5.47. The van der Waals surface area contributed by atoms with Gasteiger partial charge in [0.05, 0.1) is 5.69 Å². The summed E-state index contributed by atoms with van der Waals surface area (Å²) in [4.78, 5) is 10.4. The summed E-state index contributed by atoms with van der Waals surface area (Å²) in [6, 6.07) is 3.79. The van der Waals surface area contributed by atoms with Crippen LogP contribution in [0.2, 0.25) is 0 Å². The van der Waals surface area contributed by atoms with Crippen molar-refractivity contribution in [2.24, 2.45) is 0 Å². The standard InChI is InChI=1S/C8H7NO/c10-6-8-4-3-7-2-1-5-9(7)8/h1-4,6H,5H2. The van der Waals surface area contributed by atoms with Crippen LogP contribution in [-0.4, -0.2) is 10.9 Å². The van der Waals surface area contributed by atoms with Crippen LogP contribution >= 0.6 is 0 Å². The maximum atomic E-state index is 10.4. The Hall–Kier alpha value is -1.31. The maximum absolute atomic E-state index is 10.4. The van der Waals surface area contributed by atoms with Crippen LogP contribution in [0.3, 0.4) is 0 Å². The van der Waals surface area contributed by atoms with Gasteiger partial charge in [-0.1, -0.05) is 6.08 Å². The zero-order valence-electron chi connectivity index (χ0n) is 5.45. The molecule has 0 aromatic carbocycles. The lowest BCUT2D eigenvalue weighted by Crippen LogP contribution is -1.97. The van der Waals surface area contributed by atoms with Gasteiger partial charge < -0.3 is 4.57 Å². The van der Waals surface area contributed by atoms with Gasteiger partial charge in [0.15, 0.2) is 6.29 Å². The van der Waals surface area contributed by atoms with Gasteiger partial charge in [0, 0.05) is 12.2 Å². The quantitative estimate of drug-likeness (QED) is 0.530. The molecule has 0 unspecified atom stereocenters. The second kappa shape index (κ2) is 1.84. The molecule has 0 amide bonds. The highest BCUT2D eigenvalue weighted by atomic mass is 16.1. The minimum atomic E-state index is 0.764. The van der Waals surface area contributed by atoms with Crippen molar-refractivity contribution in [3.05, 3.63) is 29.6 Å². The third-order valence-corrected chi connectivity index (χ3v) is 1.75. The van der Waals surface area contributed by atoms with Crippen LogP contribution in [0.1, 0.15) is 16.2 Å². The number of allylic oxidation sites excluding steroid dienone is 1. The fourth-order valence-corrected chi connectivity index (χ4v) is 1.24. The molecule has 0 saturated heterocycles. The Morgan fingerprint density at radius 2 is 2.40 bits per heavy atom. The third-order valence-electron chi connectivity index (χ3n) is 1.75. The molecule has 0 radical (unpaired) electrons. The maximum Gasteiger partial charge on any atom is 0.166 e. The summed E-state index contributed by atoms with van der Waals surface area (Å²) >= 11 is 0. The molecule has 1 aliphatic heterocycles. The van der Waals surface area contributed by atoms with Gasteiger partial charge >= 0.3 is 0 Å². The smallest absolute Gasteiger partial charge is 0.166 e. The molecule has 1 aliphatic rings. The number of aldehydes is 1. The van der Waals surface area contributed by atoms with Crippen LogP contribution in [0.15, 0.2) is 18.2 Å². The number of hydrogen-bond donors (Lipinski definition) is 0. The average molecular weight is 133 g/mol. The Labute approximate surface area is 58.8 Å². The highest BCUT2D eigenvalue weighted by molar-refractivity contribution is 5.74. The summed E-state index contributed by atoms with van der Waals surface area (Å²) in [5.41, 5.74) is 1.89. The third kappa shape index (κ3) is 0.559. The van der Waals surface area contributed by atoms with E-state index in [-0.39, 0.29) is 0 Å². The van der Waals surface area contributed by atoms with Crippen molar-refractivity contribution in [2.45, 2.75) is 6.54 Å². The average Bonchev–Trinajstić information content (AvgIpc) is 2.44. The van der Waals surface area contributed by atoms with Gasteiger partial charge in [0.25, 0.3) is 0 Å². The van der Waals surface area contributed by atoms with Crippen molar-refractivity contribution in [3.8, 4) is 0 Å². The van der Waals surface area contributed by atoms with Gasteiger partial charge in [0.2, 0.25) is 0 Å². The Morgan fingerprint density at radius 3 is 3.20 bits per heavy atom. The van der Waals surface area contributed by atoms with Crippen molar-refractivity contribution in [1.29, 1.82) is 0 Å². The first-order valence-corrected chi connectivity index (χ1v) is 3.23. The van der Waals surface area contributed by atoms with E-state index in [0.717, 1.165) is 24.2 Å². The van der Waals surface area contributed by atoms with Crippen LogP contribution in [0.5, 0.6) is 0 Å². The molecule has 2 heterocycles. The predicted octanol–water partition coefficient (Wildman–Crippen LogP) is 1.33. The summed E-state index contributed by atoms with van der Waals surface area (Å²) in [6.07, 6.45) is 4.95. The number of carbonyl (C=O) groups excluding carboxylic acids is 1. The lowest BCUT2D eigenvalue weighted by atomic mass is 10.4. The summed E-state index contributed by atoms with van der Waals surface area (Å²) in [5, 5.41) is 0. The first-order valence-electron chi connectivity index (χ1n) is 3.23. The van der Waals surface area contributed by atoms with E-state index in [1.54, 1.807) is 0 Å². The lowest BCUT2D eigenvalue weighted by Gasteiger charge is -1.96. The lowest BCUT2D eigenvalue weighted by molar-refractivity contribution is 0.111. The number of carbonyl (C=O) groups is 1. The summed E-state index contributed by atoms with van der Waals surface area (Å²) in [6.45, 7) is 0.844. The zero-order chi connectivity index (χ0) is 6.97. The predicted molar refractivity (Wildman–Crippen MR) is 38.9 cm³/mol. The van der Waals surface area contributed by atoms with Crippen LogP contribution in [0.4, 0.5) is 0 Å². The molecule has 50 valence electrons. The van der Waals surface area contributed by atoms with Gasteiger partial charge in [-0.05, 0) is 18.2 Å². The highest BCUT2D eigenvalue weighted by Crippen LogP contribution is 2.14. The number of nitrogens with zero attached hydrogens (tertiary/aromatic N) is 1. The highest BCUT2D eigenvalue weighted by Gasteiger charge is 2.06. The number of rotatable bonds is 1. The molecule has 2 heteroatoms. The number of aromatic nitrogens is 1. The monoisotopic (exact) mass is 133 g/mol. The molecule has 0 aliphatic carbocycles. The topological polar surface area (TPSA) is 22.0 Å². The SMILES string of the molecule is O=Cc1ccc2n1CC=C2. The Kier molecular flexibility index (Phi) is 1.01. The number of fused-ring (bicyclic) bond motifs is 1. The first-order chi connectivity index (χ1) is 4.92. The van der Waals surface area contributed by atoms with Crippen LogP contribution < -0.4 is 0 Å². The molecule has 2 nitrogen and oxygen atoms in total. The van der Waals surface area contributed by atoms with Gasteiger partial charge in [-0.3, -0.25) is 4.79 Å². The van der Waals surface area contributed by atoms with Crippen LogP contribution in [-0.2, 0) is 6.54 Å². The molecule has 1 aromatic rings. The summed E-state index contributed by atoms with van der Waals surface area (Å²) in [5.74, 6) is 0. The minimum absolute atomic E-state index is 0.764. The Morgan fingerprint density at radius 1 is 1.50 bits per heavy atom. The molecule has 1 aromatic heterocycles. The van der Waals surface area contributed by atoms with E-state index >= 15 is 0 Å². The summed E-state index contributed by atoms with van der Waals surface area (Å²) in [7, 11) is 0. The molecular formula is C8H7NO. The van der Waals surface area contributed by atoms with E-state index in [1.165, 1.54) is 0 Å². The number of hydrogen-bond acceptors (Lipinski definition) is 1. The zero-order valence-corrected chi connectivity index (χ0v) is 5.45. The molecule has 0 N–H and O–H groups in total.